The molecule has 1 amide bonds. The van der Waals surface area contributed by atoms with Crippen LogP contribution in [0, 0.1) is 0 Å². The van der Waals surface area contributed by atoms with E-state index in [2.05, 4.69) is 15.0 Å². The number of methoxy groups -OCH3 is 1. The lowest BCUT2D eigenvalue weighted by Gasteiger charge is -2.06. The lowest BCUT2D eigenvalue weighted by molar-refractivity contribution is -0.114. The zero-order chi connectivity index (χ0) is 10.6. The van der Waals surface area contributed by atoms with Crippen molar-refractivity contribution in [1.29, 1.82) is 0 Å². The highest BCUT2D eigenvalue weighted by Gasteiger charge is 2.11. The second-order valence-electron chi connectivity index (χ2n) is 2.59. The minimum atomic E-state index is -0.526. The Hall–Kier alpha value is -1.91. The SMILES string of the molecule is COC(=O)c1cnccc1NC(C)=O. The third kappa shape index (κ3) is 2.29. The Bertz CT molecular complexity index is 363. The van der Waals surface area contributed by atoms with Gasteiger partial charge >= 0.3 is 5.97 Å². The maximum atomic E-state index is 11.2. The number of esters is 1. The average Bonchev–Trinajstić information content (AvgIpc) is 2.16. The standard InChI is InChI=1S/C9H10N2O3/c1-6(12)11-8-3-4-10-5-7(8)9(13)14-2/h3-5H,1-2H3,(H,10,11,12). The molecule has 0 aromatic carbocycles. The topological polar surface area (TPSA) is 68.3 Å². The van der Waals surface area contributed by atoms with Crippen molar-refractivity contribution in [1.82, 2.24) is 4.98 Å². The molecule has 0 aliphatic heterocycles. The van der Waals surface area contributed by atoms with Crippen LogP contribution in [0.2, 0.25) is 0 Å². The fraction of sp³-hybridized carbons (Fsp3) is 0.222. The highest BCUT2D eigenvalue weighted by molar-refractivity contribution is 6.00. The first-order chi connectivity index (χ1) is 6.65. The molecular formula is C9H10N2O3. The van der Waals surface area contributed by atoms with Crippen LogP contribution in [0.15, 0.2) is 18.5 Å². The summed E-state index contributed by atoms with van der Waals surface area (Å²) in [6.45, 7) is 1.36. The van der Waals surface area contributed by atoms with Crippen molar-refractivity contribution in [3.05, 3.63) is 24.0 Å². The van der Waals surface area contributed by atoms with E-state index >= 15 is 0 Å². The zero-order valence-electron chi connectivity index (χ0n) is 7.90. The number of nitrogens with one attached hydrogen (secondary N) is 1. The fourth-order valence-corrected chi connectivity index (χ4v) is 0.966. The summed E-state index contributed by atoms with van der Waals surface area (Å²) in [5.41, 5.74) is 0.643. The van der Waals surface area contributed by atoms with E-state index in [1.54, 1.807) is 0 Å². The van der Waals surface area contributed by atoms with Crippen molar-refractivity contribution in [3.8, 4) is 0 Å². The molecule has 1 N–H and O–H groups in total. The van der Waals surface area contributed by atoms with Crippen LogP contribution < -0.4 is 5.32 Å². The summed E-state index contributed by atoms with van der Waals surface area (Å²) in [5.74, 6) is -0.775. The molecule has 14 heavy (non-hydrogen) atoms. The smallest absolute Gasteiger partial charge is 0.341 e. The summed E-state index contributed by atoms with van der Waals surface area (Å²) >= 11 is 0. The Morgan fingerprint density at radius 3 is 2.79 bits per heavy atom. The van der Waals surface area contributed by atoms with Gasteiger partial charge in [-0.3, -0.25) is 9.78 Å². The summed E-state index contributed by atoms with van der Waals surface area (Å²) in [4.78, 5) is 25.8. The highest BCUT2D eigenvalue weighted by Crippen LogP contribution is 2.13. The third-order valence-electron chi connectivity index (χ3n) is 1.54. The van der Waals surface area contributed by atoms with Gasteiger partial charge in [0, 0.05) is 19.3 Å². The molecule has 74 valence electrons. The quantitative estimate of drug-likeness (QED) is 0.708. The number of carbonyl (C=O) groups is 2. The van der Waals surface area contributed by atoms with Crippen LogP contribution in [-0.4, -0.2) is 24.0 Å². The summed E-state index contributed by atoms with van der Waals surface area (Å²) < 4.78 is 4.53. The maximum Gasteiger partial charge on any atom is 0.341 e. The first kappa shape index (κ1) is 10.2. The minimum absolute atomic E-state index is 0.241. The van der Waals surface area contributed by atoms with Crippen molar-refractivity contribution in [2.24, 2.45) is 0 Å². The van der Waals surface area contributed by atoms with Gasteiger partial charge in [-0.15, -0.1) is 0 Å². The van der Waals surface area contributed by atoms with Gasteiger partial charge in [0.1, 0.15) is 5.56 Å². The number of amides is 1. The van der Waals surface area contributed by atoms with Crippen molar-refractivity contribution >= 4 is 17.6 Å². The number of hydrogen-bond donors (Lipinski definition) is 1. The van der Waals surface area contributed by atoms with Gasteiger partial charge in [0.2, 0.25) is 5.91 Å². The number of hydrogen-bond acceptors (Lipinski definition) is 4. The molecule has 0 aliphatic carbocycles. The molecule has 1 aromatic rings. The number of ether oxygens (including phenoxy) is 1. The van der Waals surface area contributed by atoms with Gasteiger partial charge in [0.15, 0.2) is 0 Å². The van der Waals surface area contributed by atoms with E-state index in [0.717, 1.165) is 0 Å². The highest BCUT2D eigenvalue weighted by atomic mass is 16.5. The summed E-state index contributed by atoms with van der Waals surface area (Å²) in [7, 11) is 1.27. The van der Waals surface area contributed by atoms with E-state index in [4.69, 9.17) is 0 Å². The third-order valence-corrected chi connectivity index (χ3v) is 1.54. The summed E-state index contributed by atoms with van der Waals surface area (Å²) in [5, 5.41) is 2.51. The van der Waals surface area contributed by atoms with Gasteiger partial charge in [-0.1, -0.05) is 0 Å². The number of nitrogens with zero attached hydrogens (tertiary/aromatic N) is 1. The molecule has 0 unspecified atom stereocenters. The minimum Gasteiger partial charge on any atom is -0.465 e. The van der Waals surface area contributed by atoms with Gasteiger partial charge in [0.05, 0.1) is 12.8 Å². The normalized spacial score (nSPS) is 9.29. The monoisotopic (exact) mass is 194 g/mol. The Labute approximate surface area is 81.1 Å². The molecule has 0 fully saturated rings. The second-order valence-corrected chi connectivity index (χ2v) is 2.59. The van der Waals surface area contributed by atoms with E-state index in [1.165, 1.54) is 32.5 Å². The van der Waals surface area contributed by atoms with Crippen LogP contribution in [0.5, 0.6) is 0 Å². The van der Waals surface area contributed by atoms with Gasteiger partial charge in [0.25, 0.3) is 0 Å². The summed E-state index contributed by atoms with van der Waals surface area (Å²) in [6.07, 6.45) is 2.83. The number of aromatic nitrogens is 1. The average molecular weight is 194 g/mol. The number of anilines is 1. The lowest BCUT2D eigenvalue weighted by Crippen LogP contribution is -2.12. The van der Waals surface area contributed by atoms with Crippen molar-refractivity contribution in [2.45, 2.75) is 6.92 Å². The fourth-order valence-electron chi connectivity index (χ4n) is 0.966. The predicted octanol–water partition coefficient (Wildman–Crippen LogP) is 0.827. The molecule has 1 rings (SSSR count). The molecule has 5 nitrogen and oxygen atoms in total. The first-order valence-electron chi connectivity index (χ1n) is 3.95. The van der Waals surface area contributed by atoms with Gasteiger partial charge in [-0.25, -0.2) is 4.79 Å². The molecular weight excluding hydrogens is 184 g/mol. The van der Waals surface area contributed by atoms with E-state index in [-0.39, 0.29) is 11.5 Å². The molecule has 0 radical (unpaired) electrons. The molecule has 0 atom stereocenters. The van der Waals surface area contributed by atoms with Crippen LogP contribution in [0.25, 0.3) is 0 Å². The van der Waals surface area contributed by atoms with Gasteiger partial charge in [-0.05, 0) is 6.07 Å². The molecule has 0 aliphatic rings. The van der Waals surface area contributed by atoms with Crippen LogP contribution in [-0.2, 0) is 9.53 Å². The Morgan fingerprint density at radius 1 is 1.50 bits per heavy atom. The number of carbonyl (C=O) groups excluding carboxylic acids is 2. The Morgan fingerprint density at radius 2 is 2.21 bits per heavy atom. The molecule has 0 bridgehead atoms. The molecule has 0 saturated heterocycles. The number of pyridine rings is 1. The Kier molecular flexibility index (Phi) is 3.17. The molecule has 5 heteroatoms. The molecule has 1 heterocycles. The van der Waals surface area contributed by atoms with Crippen LogP contribution >= 0.6 is 0 Å². The van der Waals surface area contributed by atoms with Gasteiger partial charge in [-0.2, -0.15) is 0 Å². The first-order valence-corrected chi connectivity index (χ1v) is 3.95. The summed E-state index contributed by atoms with van der Waals surface area (Å²) in [6, 6.07) is 1.54. The van der Waals surface area contributed by atoms with Crippen molar-refractivity contribution < 1.29 is 14.3 Å². The second kappa shape index (κ2) is 4.36. The lowest BCUT2D eigenvalue weighted by atomic mass is 10.2. The molecule has 0 spiro atoms. The molecule has 0 saturated carbocycles. The van der Waals surface area contributed by atoms with E-state index in [9.17, 15) is 9.59 Å². The Balaban J connectivity index is 3.02. The van der Waals surface area contributed by atoms with E-state index in [0.29, 0.717) is 5.69 Å². The van der Waals surface area contributed by atoms with Crippen LogP contribution in [0.1, 0.15) is 17.3 Å². The van der Waals surface area contributed by atoms with Crippen LogP contribution in [0.3, 0.4) is 0 Å². The number of rotatable bonds is 2. The zero-order valence-corrected chi connectivity index (χ0v) is 7.90. The maximum absolute atomic E-state index is 11.2. The van der Waals surface area contributed by atoms with Crippen molar-refractivity contribution in [3.63, 3.8) is 0 Å². The largest absolute Gasteiger partial charge is 0.465 e. The van der Waals surface area contributed by atoms with E-state index < -0.39 is 5.97 Å². The van der Waals surface area contributed by atoms with E-state index in [1.807, 2.05) is 0 Å². The van der Waals surface area contributed by atoms with Crippen LogP contribution in [0.4, 0.5) is 5.69 Å². The predicted molar refractivity (Wildman–Crippen MR) is 49.9 cm³/mol. The molecule has 1 aromatic heterocycles. The van der Waals surface area contributed by atoms with Gasteiger partial charge < -0.3 is 10.1 Å². The van der Waals surface area contributed by atoms with Crippen molar-refractivity contribution in [2.75, 3.05) is 12.4 Å².